The molecule has 1 fully saturated rings. The first-order valence-corrected chi connectivity index (χ1v) is 9.97. The number of nitrogens with zero attached hydrogens (tertiary/aromatic N) is 3. The Bertz CT molecular complexity index is 894. The Kier molecular flexibility index (Phi) is 6.07. The van der Waals surface area contributed by atoms with Crippen molar-refractivity contribution in [3.05, 3.63) is 53.3 Å². The lowest BCUT2D eigenvalue weighted by molar-refractivity contribution is -0.152. The second kappa shape index (κ2) is 8.37. The highest BCUT2D eigenvalue weighted by Crippen LogP contribution is 2.47. The number of ether oxygens (including phenoxy) is 1. The minimum absolute atomic E-state index is 0.0676. The normalized spacial score (nSPS) is 24.4. The maximum atomic E-state index is 13.2. The van der Waals surface area contributed by atoms with E-state index in [1.165, 1.54) is 7.11 Å². The van der Waals surface area contributed by atoms with Gasteiger partial charge in [0.2, 0.25) is 5.91 Å². The van der Waals surface area contributed by atoms with E-state index in [1.807, 2.05) is 67.9 Å². The van der Waals surface area contributed by atoms with Gasteiger partial charge in [-0.15, -0.1) is 0 Å². The third-order valence-corrected chi connectivity index (χ3v) is 6.14. The molecule has 1 N–H and O–H groups in total. The van der Waals surface area contributed by atoms with Crippen LogP contribution in [0.3, 0.4) is 0 Å². The Morgan fingerprint density at radius 3 is 2.69 bits per heavy atom. The first-order valence-electron chi connectivity index (χ1n) is 9.97. The molecule has 0 radical (unpaired) electrons. The molecule has 1 aliphatic rings. The van der Waals surface area contributed by atoms with Gasteiger partial charge in [0.05, 0.1) is 19.2 Å². The van der Waals surface area contributed by atoms with E-state index in [1.54, 1.807) is 6.20 Å². The van der Waals surface area contributed by atoms with Crippen LogP contribution in [0, 0.1) is 12.8 Å². The second-order valence-electron chi connectivity index (χ2n) is 7.91. The van der Waals surface area contributed by atoms with Gasteiger partial charge in [-0.2, -0.15) is 5.10 Å². The SMILES string of the molecule is CCn1cc(CNC(=O)[C@H]2C[C@@](C)(C(=O)OC)N(C)[C@H]2c2ccccc2C)cn1. The third-order valence-electron chi connectivity index (χ3n) is 6.14. The average Bonchev–Trinajstić information content (AvgIpc) is 3.29. The van der Waals surface area contributed by atoms with E-state index in [-0.39, 0.29) is 23.8 Å². The summed E-state index contributed by atoms with van der Waals surface area (Å²) in [5, 5.41) is 7.29. The van der Waals surface area contributed by atoms with Gasteiger partial charge in [-0.25, -0.2) is 0 Å². The highest BCUT2D eigenvalue weighted by Gasteiger charge is 2.55. The van der Waals surface area contributed by atoms with Gasteiger partial charge in [-0.3, -0.25) is 19.2 Å². The van der Waals surface area contributed by atoms with E-state index in [9.17, 15) is 9.59 Å². The smallest absolute Gasteiger partial charge is 0.326 e. The molecule has 1 amide bonds. The van der Waals surface area contributed by atoms with Crippen LogP contribution in [0.15, 0.2) is 36.7 Å². The molecule has 3 atom stereocenters. The molecule has 0 aliphatic carbocycles. The van der Waals surface area contributed by atoms with Crippen molar-refractivity contribution in [1.82, 2.24) is 20.0 Å². The number of nitrogens with one attached hydrogen (secondary N) is 1. The van der Waals surface area contributed by atoms with Crippen LogP contribution in [0.2, 0.25) is 0 Å². The highest BCUT2D eigenvalue weighted by molar-refractivity contribution is 5.86. The number of esters is 1. The van der Waals surface area contributed by atoms with E-state index < -0.39 is 5.54 Å². The minimum Gasteiger partial charge on any atom is -0.468 e. The average molecular weight is 399 g/mol. The van der Waals surface area contributed by atoms with Gasteiger partial charge in [0.25, 0.3) is 0 Å². The number of hydrogen-bond acceptors (Lipinski definition) is 5. The van der Waals surface area contributed by atoms with Crippen LogP contribution in [-0.2, 0) is 27.4 Å². The lowest BCUT2D eigenvalue weighted by atomic mass is 9.88. The summed E-state index contributed by atoms with van der Waals surface area (Å²) >= 11 is 0. The maximum Gasteiger partial charge on any atom is 0.326 e. The summed E-state index contributed by atoms with van der Waals surface area (Å²) in [4.78, 5) is 27.8. The summed E-state index contributed by atoms with van der Waals surface area (Å²) in [7, 11) is 3.29. The predicted octanol–water partition coefficient (Wildman–Crippen LogP) is 2.45. The quantitative estimate of drug-likeness (QED) is 0.757. The van der Waals surface area contributed by atoms with Crippen molar-refractivity contribution in [2.24, 2.45) is 5.92 Å². The highest BCUT2D eigenvalue weighted by atomic mass is 16.5. The fourth-order valence-electron chi connectivity index (χ4n) is 4.28. The van der Waals surface area contributed by atoms with Gasteiger partial charge < -0.3 is 10.1 Å². The number of carbonyl (C=O) groups is 2. The van der Waals surface area contributed by atoms with Gasteiger partial charge in [0, 0.05) is 30.9 Å². The van der Waals surface area contributed by atoms with Crippen LogP contribution >= 0.6 is 0 Å². The van der Waals surface area contributed by atoms with Gasteiger partial charge >= 0.3 is 5.97 Å². The molecule has 1 aliphatic heterocycles. The number of likely N-dealkylation sites (N-methyl/N-ethyl adjacent to an activating group) is 1. The zero-order valence-corrected chi connectivity index (χ0v) is 17.8. The van der Waals surface area contributed by atoms with Crippen molar-refractivity contribution in [1.29, 1.82) is 0 Å². The molecule has 3 rings (SSSR count). The van der Waals surface area contributed by atoms with Crippen LogP contribution < -0.4 is 5.32 Å². The molecule has 0 unspecified atom stereocenters. The van der Waals surface area contributed by atoms with Gasteiger partial charge in [0.15, 0.2) is 0 Å². The van der Waals surface area contributed by atoms with Crippen LogP contribution in [0.25, 0.3) is 0 Å². The Balaban J connectivity index is 1.87. The van der Waals surface area contributed by atoms with Crippen molar-refractivity contribution in [3.63, 3.8) is 0 Å². The zero-order valence-electron chi connectivity index (χ0n) is 17.8. The van der Waals surface area contributed by atoms with E-state index in [0.717, 1.165) is 23.2 Å². The minimum atomic E-state index is -0.864. The van der Waals surface area contributed by atoms with E-state index >= 15 is 0 Å². The summed E-state index contributed by atoms with van der Waals surface area (Å²) in [6, 6.07) is 7.81. The Morgan fingerprint density at radius 2 is 2.07 bits per heavy atom. The Hall–Kier alpha value is -2.67. The van der Waals surface area contributed by atoms with Crippen molar-refractivity contribution in [2.45, 2.75) is 51.9 Å². The molecule has 1 aromatic heterocycles. The molecule has 2 heterocycles. The van der Waals surface area contributed by atoms with E-state index in [4.69, 9.17) is 4.74 Å². The van der Waals surface area contributed by atoms with Crippen molar-refractivity contribution in [2.75, 3.05) is 14.2 Å². The molecule has 0 saturated carbocycles. The number of aryl methyl sites for hydroxylation is 2. The maximum absolute atomic E-state index is 13.2. The zero-order chi connectivity index (χ0) is 21.2. The fraction of sp³-hybridized carbons (Fsp3) is 0.500. The Morgan fingerprint density at radius 1 is 1.34 bits per heavy atom. The predicted molar refractivity (Wildman–Crippen MR) is 110 cm³/mol. The summed E-state index contributed by atoms with van der Waals surface area (Å²) in [5.74, 6) is -0.758. The first kappa shape index (κ1) is 21.0. The number of rotatable bonds is 6. The van der Waals surface area contributed by atoms with E-state index in [0.29, 0.717) is 13.0 Å². The largest absolute Gasteiger partial charge is 0.468 e. The van der Waals surface area contributed by atoms with Crippen molar-refractivity contribution in [3.8, 4) is 0 Å². The third kappa shape index (κ3) is 3.92. The number of aromatic nitrogens is 2. The number of hydrogen-bond donors (Lipinski definition) is 1. The lowest BCUT2D eigenvalue weighted by Crippen LogP contribution is -2.47. The fourth-order valence-corrected chi connectivity index (χ4v) is 4.28. The van der Waals surface area contributed by atoms with Crippen molar-refractivity contribution >= 4 is 11.9 Å². The molecule has 7 heteroatoms. The van der Waals surface area contributed by atoms with Crippen LogP contribution in [0.1, 0.15) is 43.0 Å². The van der Waals surface area contributed by atoms with Crippen LogP contribution in [0.5, 0.6) is 0 Å². The second-order valence-corrected chi connectivity index (χ2v) is 7.91. The Labute approximate surface area is 172 Å². The monoisotopic (exact) mass is 398 g/mol. The molecular weight excluding hydrogens is 368 g/mol. The number of carbonyl (C=O) groups excluding carboxylic acids is 2. The standard InChI is InChI=1S/C22H30N4O3/c1-6-26-14-16(13-24-26)12-23-20(27)18-11-22(3,21(28)29-5)25(4)19(18)17-10-8-7-9-15(17)2/h7-10,13-14,18-19H,6,11-12H2,1-5H3,(H,23,27)/t18-,19-,22-/m0/s1. The summed E-state index contributed by atoms with van der Waals surface area (Å²) in [6.45, 7) is 7.10. The molecule has 1 aromatic carbocycles. The topological polar surface area (TPSA) is 76.5 Å². The summed E-state index contributed by atoms with van der Waals surface area (Å²) in [6.07, 6.45) is 4.09. The molecule has 1 saturated heterocycles. The molecular formula is C22H30N4O3. The number of likely N-dealkylation sites (tertiary alicyclic amines) is 1. The molecule has 0 spiro atoms. The van der Waals surface area contributed by atoms with Crippen molar-refractivity contribution < 1.29 is 14.3 Å². The number of benzene rings is 1. The summed E-state index contributed by atoms with van der Waals surface area (Å²) < 4.78 is 6.90. The van der Waals surface area contributed by atoms with Gasteiger partial charge in [0.1, 0.15) is 5.54 Å². The summed E-state index contributed by atoms with van der Waals surface area (Å²) in [5.41, 5.74) is 2.24. The number of amides is 1. The molecule has 0 bridgehead atoms. The molecule has 2 aromatic rings. The lowest BCUT2D eigenvalue weighted by Gasteiger charge is -2.33. The van der Waals surface area contributed by atoms with Crippen LogP contribution in [-0.4, -0.2) is 46.3 Å². The van der Waals surface area contributed by atoms with Gasteiger partial charge in [-0.05, 0) is 45.4 Å². The first-order chi connectivity index (χ1) is 13.8. The molecule has 7 nitrogen and oxygen atoms in total. The van der Waals surface area contributed by atoms with Crippen LogP contribution in [0.4, 0.5) is 0 Å². The number of methoxy groups -OCH3 is 1. The van der Waals surface area contributed by atoms with E-state index in [2.05, 4.69) is 10.4 Å². The van der Waals surface area contributed by atoms with Gasteiger partial charge in [-0.1, -0.05) is 24.3 Å². The molecule has 29 heavy (non-hydrogen) atoms. The molecule has 156 valence electrons.